The topological polar surface area (TPSA) is 87.8 Å². The molecule has 1 aliphatic rings. The molecule has 0 radical (unpaired) electrons. The maximum Gasteiger partial charge on any atom is 0.269 e. The number of carbonyl (C=O) groups excluding carboxylic acids is 1. The summed E-state index contributed by atoms with van der Waals surface area (Å²) in [6, 6.07) is 5.98. The molecule has 0 aromatic heterocycles. The zero-order valence-electron chi connectivity index (χ0n) is 13.3. The number of nitro benzene ring substituents is 1. The van der Waals surface area contributed by atoms with Gasteiger partial charge in [-0.2, -0.15) is 5.10 Å². The Labute approximate surface area is 135 Å². The highest BCUT2D eigenvalue weighted by molar-refractivity contribution is 5.82. The second-order valence-corrected chi connectivity index (χ2v) is 5.92. The van der Waals surface area contributed by atoms with Crippen LogP contribution in [0.1, 0.15) is 31.7 Å². The minimum Gasteiger partial charge on any atom is -0.303 e. The smallest absolute Gasteiger partial charge is 0.269 e. The summed E-state index contributed by atoms with van der Waals surface area (Å²) >= 11 is 0. The Morgan fingerprint density at radius 1 is 1.39 bits per heavy atom. The highest BCUT2D eigenvalue weighted by Crippen LogP contribution is 2.15. The fourth-order valence-corrected chi connectivity index (χ4v) is 2.46. The van der Waals surface area contributed by atoms with Gasteiger partial charge >= 0.3 is 0 Å². The summed E-state index contributed by atoms with van der Waals surface area (Å²) in [5.41, 5.74) is 3.21. The molecule has 0 bridgehead atoms. The Balaban J connectivity index is 1.70. The molecule has 1 saturated heterocycles. The third kappa shape index (κ3) is 5.78. The van der Waals surface area contributed by atoms with Crippen LogP contribution in [0.4, 0.5) is 5.69 Å². The van der Waals surface area contributed by atoms with Crippen LogP contribution in [0, 0.1) is 16.0 Å². The Bertz CT molecular complexity index is 563. The maximum absolute atomic E-state index is 11.7. The number of likely N-dealkylation sites (tertiary alicyclic amines) is 1. The molecule has 23 heavy (non-hydrogen) atoms. The standard InChI is InChI=1S/C16H22N4O3/c1-13-6-9-19(10-7-13)11-8-16(21)18-17-12-14-2-4-15(5-3-14)20(22)23/h2-5,12-13H,6-11H2,1H3,(H,18,21)/b17-12-. The van der Waals surface area contributed by atoms with Gasteiger partial charge in [0, 0.05) is 25.1 Å². The molecule has 1 heterocycles. The van der Waals surface area contributed by atoms with Crippen molar-refractivity contribution < 1.29 is 9.72 Å². The van der Waals surface area contributed by atoms with E-state index in [1.165, 1.54) is 31.2 Å². The van der Waals surface area contributed by atoms with Crippen LogP contribution in [0.5, 0.6) is 0 Å². The molecule has 1 aromatic carbocycles. The molecule has 0 atom stereocenters. The van der Waals surface area contributed by atoms with Crippen LogP contribution >= 0.6 is 0 Å². The van der Waals surface area contributed by atoms with Crippen molar-refractivity contribution >= 4 is 17.8 Å². The molecule has 1 N–H and O–H groups in total. The number of hydrazone groups is 1. The van der Waals surface area contributed by atoms with E-state index in [0.717, 1.165) is 25.6 Å². The zero-order valence-corrected chi connectivity index (χ0v) is 13.3. The summed E-state index contributed by atoms with van der Waals surface area (Å²) in [6.07, 6.45) is 4.29. The fraction of sp³-hybridized carbons (Fsp3) is 0.500. The Hall–Kier alpha value is -2.28. The predicted octanol–water partition coefficient (Wildman–Crippen LogP) is 2.17. The van der Waals surface area contributed by atoms with E-state index in [-0.39, 0.29) is 11.6 Å². The quantitative estimate of drug-likeness (QED) is 0.494. The Kier molecular flexibility index (Phi) is 6.22. The highest BCUT2D eigenvalue weighted by Gasteiger charge is 2.15. The molecular formula is C16H22N4O3. The van der Waals surface area contributed by atoms with Gasteiger partial charge in [-0.1, -0.05) is 6.92 Å². The molecule has 0 aliphatic carbocycles. The third-order valence-corrected chi connectivity index (χ3v) is 4.04. The lowest BCUT2D eigenvalue weighted by Crippen LogP contribution is -2.35. The molecular weight excluding hydrogens is 296 g/mol. The molecule has 1 fully saturated rings. The molecule has 0 unspecified atom stereocenters. The highest BCUT2D eigenvalue weighted by atomic mass is 16.6. The van der Waals surface area contributed by atoms with Crippen LogP contribution in [-0.2, 0) is 4.79 Å². The second kappa shape index (κ2) is 8.38. The summed E-state index contributed by atoms with van der Waals surface area (Å²) in [4.78, 5) is 24.1. The molecule has 1 aromatic rings. The van der Waals surface area contributed by atoms with Crippen LogP contribution in [0.2, 0.25) is 0 Å². The van der Waals surface area contributed by atoms with Crippen LogP contribution in [-0.4, -0.2) is 41.6 Å². The molecule has 0 saturated carbocycles. The SMILES string of the molecule is CC1CCN(CCC(=O)N/N=C\c2ccc([N+](=O)[O-])cc2)CC1. The third-order valence-electron chi connectivity index (χ3n) is 4.04. The largest absolute Gasteiger partial charge is 0.303 e. The Morgan fingerprint density at radius 2 is 2.04 bits per heavy atom. The number of nitro groups is 1. The first-order valence-electron chi connectivity index (χ1n) is 7.83. The average molecular weight is 318 g/mol. The van der Waals surface area contributed by atoms with Crippen LogP contribution in [0.3, 0.4) is 0 Å². The number of piperidine rings is 1. The minimum absolute atomic E-state index is 0.0297. The normalized spacial score (nSPS) is 16.6. The molecule has 7 heteroatoms. The summed E-state index contributed by atoms with van der Waals surface area (Å²) < 4.78 is 0. The molecule has 1 amide bonds. The number of hydrogen-bond donors (Lipinski definition) is 1. The number of rotatable bonds is 6. The van der Waals surface area contributed by atoms with Crippen molar-refractivity contribution in [1.82, 2.24) is 10.3 Å². The molecule has 7 nitrogen and oxygen atoms in total. The van der Waals surface area contributed by atoms with Gasteiger partial charge in [0.2, 0.25) is 5.91 Å². The van der Waals surface area contributed by atoms with Crippen molar-refractivity contribution in [2.75, 3.05) is 19.6 Å². The van der Waals surface area contributed by atoms with Gasteiger partial charge in [-0.15, -0.1) is 0 Å². The van der Waals surface area contributed by atoms with Gasteiger partial charge in [-0.05, 0) is 49.5 Å². The summed E-state index contributed by atoms with van der Waals surface area (Å²) in [5, 5.41) is 14.4. The maximum atomic E-state index is 11.7. The number of carbonyl (C=O) groups is 1. The monoisotopic (exact) mass is 318 g/mol. The number of hydrogen-bond acceptors (Lipinski definition) is 5. The number of nitrogens with one attached hydrogen (secondary N) is 1. The first-order valence-corrected chi connectivity index (χ1v) is 7.83. The minimum atomic E-state index is -0.454. The van der Waals surface area contributed by atoms with Crippen molar-refractivity contribution in [3.63, 3.8) is 0 Å². The number of non-ortho nitro benzene ring substituents is 1. The van der Waals surface area contributed by atoms with Crippen LogP contribution in [0.15, 0.2) is 29.4 Å². The van der Waals surface area contributed by atoms with Gasteiger partial charge in [0.05, 0.1) is 11.1 Å². The summed E-state index contributed by atoms with van der Waals surface area (Å²) in [7, 11) is 0. The zero-order chi connectivity index (χ0) is 16.7. The van der Waals surface area contributed by atoms with Gasteiger partial charge in [-0.25, -0.2) is 5.43 Å². The molecule has 1 aliphatic heterocycles. The van der Waals surface area contributed by atoms with E-state index in [0.29, 0.717) is 12.0 Å². The van der Waals surface area contributed by atoms with E-state index in [2.05, 4.69) is 22.4 Å². The van der Waals surface area contributed by atoms with Crippen LogP contribution < -0.4 is 5.43 Å². The Morgan fingerprint density at radius 3 is 2.65 bits per heavy atom. The summed E-state index contributed by atoms with van der Waals surface area (Å²) in [5.74, 6) is 0.660. The number of amides is 1. The molecule has 2 rings (SSSR count). The first-order chi connectivity index (χ1) is 11.0. The van der Waals surface area contributed by atoms with E-state index in [1.807, 2.05) is 0 Å². The van der Waals surface area contributed by atoms with Crippen molar-refractivity contribution in [3.05, 3.63) is 39.9 Å². The van der Waals surface area contributed by atoms with E-state index in [4.69, 9.17) is 0 Å². The van der Waals surface area contributed by atoms with E-state index in [1.54, 1.807) is 12.1 Å². The van der Waals surface area contributed by atoms with E-state index in [9.17, 15) is 14.9 Å². The van der Waals surface area contributed by atoms with Gasteiger partial charge in [-0.3, -0.25) is 14.9 Å². The van der Waals surface area contributed by atoms with Crippen molar-refractivity contribution in [2.24, 2.45) is 11.0 Å². The summed E-state index contributed by atoms with van der Waals surface area (Å²) in [6.45, 7) is 5.13. The molecule has 0 spiro atoms. The van der Waals surface area contributed by atoms with Crippen molar-refractivity contribution in [2.45, 2.75) is 26.2 Å². The lowest BCUT2D eigenvalue weighted by molar-refractivity contribution is -0.384. The van der Waals surface area contributed by atoms with Gasteiger partial charge in [0.25, 0.3) is 5.69 Å². The fourth-order valence-electron chi connectivity index (χ4n) is 2.46. The lowest BCUT2D eigenvalue weighted by atomic mass is 9.99. The number of nitrogens with zero attached hydrogens (tertiary/aromatic N) is 3. The number of benzene rings is 1. The first kappa shape index (κ1) is 17.1. The van der Waals surface area contributed by atoms with Gasteiger partial charge in [0.15, 0.2) is 0 Å². The van der Waals surface area contributed by atoms with Crippen LogP contribution in [0.25, 0.3) is 0 Å². The second-order valence-electron chi connectivity index (χ2n) is 5.92. The van der Waals surface area contributed by atoms with E-state index < -0.39 is 4.92 Å². The molecule has 124 valence electrons. The van der Waals surface area contributed by atoms with Gasteiger partial charge < -0.3 is 4.90 Å². The van der Waals surface area contributed by atoms with E-state index >= 15 is 0 Å². The average Bonchev–Trinajstić information content (AvgIpc) is 2.55. The van der Waals surface area contributed by atoms with Gasteiger partial charge in [0.1, 0.15) is 0 Å². The predicted molar refractivity (Wildman–Crippen MR) is 88.3 cm³/mol. The van der Waals surface area contributed by atoms with Crippen molar-refractivity contribution in [3.8, 4) is 0 Å². The van der Waals surface area contributed by atoms with Crippen molar-refractivity contribution in [1.29, 1.82) is 0 Å². The lowest BCUT2D eigenvalue weighted by Gasteiger charge is -2.29.